The van der Waals surface area contributed by atoms with E-state index in [-0.39, 0.29) is 5.91 Å². The Morgan fingerprint density at radius 3 is 2.50 bits per heavy atom. The molecule has 0 heterocycles. The zero-order chi connectivity index (χ0) is 13.2. The summed E-state index contributed by atoms with van der Waals surface area (Å²) in [6.07, 6.45) is 9.94. The lowest BCUT2D eigenvalue weighted by atomic mass is 10.0. The van der Waals surface area contributed by atoms with Gasteiger partial charge in [0.2, 0.25) is 5.91 Å². The highest BCUT2D eigenvalue weighted by atomic mass is 16.1. The number of carbonyl (C=O) groups excluding carboxylic acids is 1. The highest BCUT2D eigenvalue weighted by Crippen LogP contribution is 2.21. The molecule has 1 saturated carbocycles. The zero-order valence-electron chi connectivity index (χ0n) is 12.1. The molecule has 0 aromatic rings. The molecule has 0 unspecified atom stereocenters. The highest BCUT2D eigenvalue weighted by molar-refractivity contribution is 5.76. The van der Waals surface area contributed by atoms with E-state index in [0.717, 1.165) is 25.4 Å². The largest absolute Gasteiger partial charge is 0.354 e. The van der Waals surface area contributed by atoms with Crippen molar-refractivity contribution in [2.45, 2.75) is 71.3 Å². The number of rotatable bonds is 7. The fourth-order valence-corrected chi connectivity index (χ4v) is 2.53. The van der Waals surface area contributed by atoms with Gasteiger partial charge in [-0.25, -0.2) is 0 Å². The average molecular weight is 254 g/mol. The molecule has 0 saturated heterocycles. The van der Waals surface area contributed by atoms with Crippen LogP contribution < -0.4 is 10.6 Å². The molecule has 106 valence electrons. The molecule has 0 aromatic heterocycles. The van der Waals surface area contributed by atoms with Gasteiger partial charge in [-0.3, -0.25) is 4.79 Å². The van der Waals surface area contributed by atoms with Crippen molar-refractivity contribution in [3.8, 4) is 0 Å². The molecule has 0 radical (unpaired) electrons. The molecule has 1 fully saturated rings. The number of hydrogen-bond donors (Lipinski definition) is 2. The smallest absolute Gasteiger partial charge is 0.221 e. The van der Waals surface area contributed by atoms with Crippen molar-refractivity contribution >= 4 is 5.91 Å². The maximum Gasteiger partial charge on any atom is 0.221 e. The van der Waals surface area contributed by atoms with Crippen molar-refractivity contribution in [2.24, 2.45) is 5.92 Å². The minimum atomic E-state index is 0.178. The van der Waals surface area contributed by atoms with Crippen LogP contribution in [0, 0.1) is 5.92 Å². The summed E-state index contributed by atoms with van der Waals surface area (Å²) in [5.41, 5.74) is 0. The van der Waals surface area contributed by atoms with E-state index in [1.807, 2.05) is 0 Å². The van der Waals surface area contributed by atoms with Crippen molar-refractivity contribution in [2.75, 3.05) is 13.1 Å². The SMILES string of the molecule is CC[C@@H](C)NC(=O)CCNCC1CCCCCC1. The summed E-state index contributed by atoms with van der Waals surface area (Å²) in [5, 5.41) is 6.44. The molecule has 1 aliphatic carbocycles. The molecule has 0 bridgehead atoms. The Labute approximate surface area is 112 Å². The summed E-state index contributed by atoms with van der Waals surface area (Å²) in [7, 11) is 0. The molecule has 18 heavy (non-hydrogen) atoms. The first-order valence-electron chi connectivity index (χ1n) is 7.72. The van der Waals surface area contributed by atoms with Crippen LogP contribution in [0.4, 0.5) is 0 Å². The molecule has 1 rings (SSSR count). The van der Waals surface area contributed by atoms with Crippen molar-refractivity contribution in [3.63, 3.8) is 0 Å². The lowest BCUT2D eigenvalue weighted by Gasteiger charge is -2.15. The first kappa shape index (κ1) is 15.5. The van der Waals surface area contributed by atoms with Gasteiger partial charge in [-0.05, 0) is 38.6 Å². The molecule has 3 nitrogen and oxygen atoms in total. The van der Waals surface area contributed by atoms with Crippen molar-refractivity contribution < 1.29 is 4.79 Å². The van der Waals surface area contributed by atoms with Gasteiger partial charge >= 0.3 is 0 Å². The van der Waals surface area contributed by atoms with E-state index in [1.165, 1.54) is 38.5 Å². The molecule has 1 aliphatic rings. The van der Waals surface area contributed by atoms with Gasteiger partial charge in [-0.15, -0.1) is 0 Å². The van der Waals surface area contributed by atoms with Gasteiger partial charge in [0, 0.05) is 19.0 Å². The van der Waals surface area contributed by atoms with Crippen LogP contribution in [0.15, 0.2) is 0 Å². The summed E-state index contributed by atoms with van der Waals surface area (Å²) in [4.78, 5) is 11.6. The molecule has 0 aromatic carbocycles. The van der Waals surface area contributed by atoms with Gasteiger partial charge in [0.05, 0.1) is 0 Å². The molecule has 0 aliphatic heterocycles. The van der Waals surface area contributed by atoms with Crippen LogP contribution in [0.25, 0.3) is 0 Å². The number of carbonyl (C=O) groups is 1. The van der Waals surface area contributed by atoms with Crippen LogP contribution in [0.1, 0.15) is 65.2 Å². The molecular weight excluding hydrogens is 224 g/mol. The first-order valence-corrected chi connectivity index (χ1v) is 7.72. The first-order chi connectivity index (χ1) is 8.72. The van der Waals surface area contributed by atoms with E-state index >= 15 is 0 Å². The Morgan fingerprint density at radius 1 is 1.22 bits per heavy atom. The van der Waals surface area contributed by atoms with Crippen molar-refractivity contribution in [3.05, 3.63) is 0 Å². The van der Waals surface area contributed by atoms with Gasteiger partial charge in [-0.2, -0.15) is 0 Å². The third-order valence-corrected chi connectivity index (χ3v) is 3.96. The second-order valence-electron chi connectivity index (χ2n) is 5.69. The van der Waals surface area contributed by atoms with Crippen LogP contribution in [0.3, 0.4) is 0 Å². The quantitative estimate of drug-likeness (QED) is 0.542. The Bertz CT molecular complexity index is 223. The van der Waals surface area contributed by atoms with Gasteiger partial charge in [-0.1, -0.05) is 32.6 Å². The highest BCUT2D eigenvalue weighted by Gasteiger charge is 2.11. The lowest BCUT2D eigenvalue weighted by molar-refractivity contribution is -0.121. The van der Waals surface area contributed by atoms with Crippen LogP contribution in [0.5, 0.6) is 0 Å². The van der Waals surface area contributed by atoms with Crippen molar-refractivity contribution in [1.29, 1.82) is 0 Å². The van der Waals surface area contributed by atoms with Gasteiger partial charge in [0.25, 0.3) is 0 Å². The zero-order valence-corrected chi connectivity index (χ0v) is 12.1. The summed E-state index contributed by atoms with van der Waals surface area (Å²) in [6.45, 7) is 6.06. The summed E-state index contributed by atoms with van der Waals surface area (Å²) < 4.78 is 0. The topological polar surface area (TPSA) is 41.1 Å². The van der Waals surface area contributed by atoms with E-state index in [4.69, 9.17) is 0 Å². The minimum absolute atomic E-state index is 0.178. The second-order valence-corrected chi connectivity index (χ2v) is 5.69. The number of hydrogen-bond acceptors (Lipinski definition) is 2. The van der Waals surface area contributed by atoms with E-state index in [1.54, 1.807) is 0 Å². The number of amides is 1. The summed E-state index contributed by atoms with van der Waals surface area (Å²) >= 11 is 0. The molecule has 0 spiro atoms. The van der Waals surface area contributed by atoms with E-state index < -0.39 is 0 Å². The Morgan fingerprint density at radius 2 is 1.89 bits per heavy atom. The van der Waals surface area contributed by atoms with Gasteiger partial charge in [0.1, 0.15) is 0 Å². The fourth-order valence-electron chi connectivity index (χ4n) is 2.53. The Hall–Kier alpha value is -0.570. The van der Waals surface area contributed by atoms with Crippen LogP contribution in [-0.4, -0.2) is 25.0 Å². The Kier molecular flexibility index (Phi) is 8.06. The fraction of sp³-hybridized carbons (Fsp3) is 0.933. The van der Waals surface area contributed by atoms with E-state index in [2.05, 4.69) is 24.5 Å². The average Bonchev–Trinajstić information content (AvgIpc) is 2.63. The predicted octanol–water partition coefficient (Wildman–Crippen LogP) is 2.85. The molecule has 1 amide bonds. The van der Waals surface area contributed by atoms with Crippen LogP contribution in [-0.2, 0) is 4.79 Å². The normalized spacial score (nSPS) is 19.2. The maximum atomic E-state index is 11.6. The van der Waals surface area contributed by atoms with E-state index in [9.17, 15) is 4.79 Å². The second kappa shape index (κ2) is 9.37. The standard InChI is InChI=1S/C15H30N2O/c1-3-13(2)17-15(18)10-11-16-12-14-8-6-4-5-7-9-14/h13-14,16H,3-12H2,1-2H3,(H,17,18)/t13-/m1/s1. The van der Waals surface area contributed by atoms with Crippen molar-refractivity contribution in [1.82, 2.24) is 10.6 Å². The van der Waals surface area contributed by atoms with Gasteiger partial charge < -0.3 is 10.6 Å². The Balaban J connectivity index is 2.01. The summed E-state index contributed by atoms with van der Waals surface area (Å²) in [6, 6.07) is 0.305. The van der Waals surface area contributed by atoms with Crippen LogP contribution >= 0.6 is 0 Å². The number of nitrogens with one attached hydrogen (secondary N) is 2. The molecule has 1 atom stereocenters. The minimum Gasteiger partial charge on any atom is -0.354 e. The lowest BCUT2D eigenvalue weighted by Crippen LogP contribution is -2.34. The maximum absolute atomic E-state index is 11.6. The predicted molar refractivity (Wildman–Crippen MR) is 76.6 cm³/mol. The molecule has 2 N–H and O–H groups in total. The monoisotopic (exact) mass is 254 g/mol. The van der Waals surface area contributed by atoms with Crippen LogP contribution in [0.2, 0.25) is 0 Å². The third-order valence-electron chi connectivity index (χ3n) is 3.96. The van der Waals surface area contributed by atoms with E-state index in [0.29, 0.717) is 12.5 Å². The third kappa shape index (κ3) is 7.00. The molecule has 3 heteroatoms. The molecular formula is C15H30N2O. The van der Waals surface area contributed by atoms with Gasteiger partial charge in [0.15, 0.2) is 0 Å². The summed E-state index contributed by atoms with van der Waals surface area (Å²) in [5.74, 6) is 1.02.